The van der Waals surface area contributed by atoms with Crippen LogP contribution in [-0.4, -0.2) is 13.6 Å². The van der Waals surface area contributed by atoms with Gasteiger partial charge in [0.25, 0.3) is 0 Å². The van der Waals surface area contributed by atoms with Crippen LogP contribution in [0.15, 0.2) is 30.3 Å². The largest absolute Gasteiger partial charge is 0.319 e. The molecular formula is C10H15N. The third-order valence-electron chi connectivity index (χ3n) is 1.88. The maximum Gasteiger partial charge on any atom is 0.00144 e. The number of nitrogens with one attached hydrogen (secondary N) is 1. The second-order valence-electron chi connectivity index (χ2n) is 2.87. The number of hydrogen-bond donors (Lipinski definition) is 1. The fourth-order valence-electron chi connectivity index (χ4n) is 1.21. The molecule has 1 atom stereocenters. The van der Waals surface area contributed by atoms with Crippen molar-refractivity contribution in [2.24, 2.45) is 0 Å². The molecule has 0 radical (unpaired) electrons. The highest BCUT2D eigenvalue weighted by Gasteiger charge is 2.01. The van der Waals surface area contributed by atoms with Crippen LogP contribution in [0.25, 0.3) is 0 Å². The monoisotopic (exact) mass is 149 g/mol. The Balaban J connectivity index is 2.61. The summed E-state index contributed by atoms with van der Waals surface area (Å²) >= 11 is 0. The molecule has 0 fully saturated rings. The van der Waals surface area contributed by atoms with Crippen molar-refractivity contribution in [2.75, 3.05) is 13.6 Å². The van der Waals surface area contributed by atoms with Gasteiger partial charge < -0.3 is 5.32 Å². The summed E-state index contributed by atoms with van der Waals surface area (Å²) in [6.45, 7) is 3.27. The molecule has 1 heteroatoms. The van der Waals surface area contributed by atoms with Gasteiger partial charge in [-0.2, -0.15) is 0 Å². The lowest BCUT2D eigenvalue weighted by atomic mass is 10.0. The van der Waals surface area contributed by atoms with E-state index in [1.54, 1.807) is 0 Å². The van der Waals surface area contributed by atoms with Gasteiger partial charge in [0.15, 0.2) is 0 Å². The molecule has 1 aromatic rings. The first-order chi connectivity index (χ1) is 5.34. The van der Waals surface area contributed by atoms with Crippen LogP contribution in [0, 0.1) is 0 Å². The smallest absolute Gasteiger partial charge is 0.00144 e. The van der Waals surface area contributed by atoms with Gasteiger partial charge in [-0.1, -0.05) is 37.3 Å². The lowest BCUT2D eigenvalue weighted by Gasteiger charge is -2.09. The van der Waals surface area contributed by atoms with Crippen LogP contribution in [0.4, 0.5) is 0 Å². The lowest BCUT2D eigenvalue weighted by molar-refractivity contribution is 0.678. The molecule has 0 heterocycles. The van der Waals surface area contributed by atoms with E-state index in [4.69, 9.17) is 0 Å². The van der Waals surface area contributed by atoms with E-state index in [1.165, 1.54) is 5.56 Å². The Morgan fingerprint density at radius 3 is 2.45 bits per heavy atom. The van der Waals surface area contributed by atoms with Crippen molar-refractivity contribution >= 4 is 0 Å². The van der Waals surface area contributed by atoms with Crippen molar-refractivity contribution in [3.05, 3.63) is 35.9 Å². The van der Waals surface area contributed by atoms with Gasteiger partial charge in [-0.25, -0.2) is 0 Å². The molecular weight excluding hydrogens is 134 g/mol. The van der Waals surface area contributed by atoms with E-state index in [9.17, 15) is 0 Å². The first kappa shape index (κ1) is 8.28. The molecule has 0 spiro atoms. The van der Waals surface area contributed by atoms with E-state index in [1.807, 2.05) is 7.05 Å². The summed E-state index contributed by atoms with van der Waals surface area (Å²) in [7, 11) is 1.99. The molecule has 0 unspecified atom stereocenters. The highest BCUT2D eigenvalue weighted by atomic mass is 14.8. The molecule has 0 bridgehead atoms. The summed E-state index contributed by atoms with van der Waals surface area (Å²) in [5.41, 5.74) is 1.40. The third-order valence-corrected chi connectivity index (χ3v) is 1.88. The van der Waals surface area contributed by atoms with Gasteiger partial charge in [0.1, 0.15) is 0 Å². The highest BCUT2D eigenvalue weighted by molar-refractivity contribution is 5.18. The van der Waals surface area contributed by atoms with Crippen molar-refractivity contribution in [2.45, 2.75) is 12.8 Å². The minimum atomic E-state index is 0.612. The SMILES string of the molecule is CNC[C@@H](C)c1ccccc1. The van der Waals surface area contributed by atoms with Crippen LogP contribution in [0.3, 0.4) is 0 Å². The highest BCUT2D eigenvalue weighted by Crippen LogP contribution is 2.12. The maximum absolute atomic E-state index is 3.17. The molecule has 1 aromatic carbocycles. The molecule has 0 aliphatic heterocycles. The normalized spacial score (nSPS) is 12.9. The van der Waals surface area contributed by atoms with Gasteiger partial charge in [0.05, 0.1) is 0 Å². The topological polar surface area (TPSA) is 12.0 Å². The number of likely N-dealkylation sites (N-methyl/N-ethyl adjacent to an activating group) is 1. The first-order valence-corrected chi connectivity index (χ1v) is 4.04. The summed E-state index contributed by atoms with van der Waals surface area (Å²) in [6, 6.07) is 10.6. The molecule has 0 saturated heterocycles. The van der Waals surface area contributed by atoms with Crippen molar-refractivity contribution in [1.82, 2.24) is 5.32 Å². The second-order valence-corrected chi connectivity index (χ2v) is 2.87. The number of benzene rings is 1. The minimum absolute atomic E-state index is 0.612. The standard InChI is InChI=1S/C10H15N/c1-9(8-11-2)10-6-4-3-5-7-10/h3-7,9,11H,8H2,1-2H3/t9-/m1/s1. The van der Waals surface area contributed by atoms with Gasteiger partial charge in [0, 0.05) is 6.54 Å². The van der Waals surface area contributed by atoms with E-state index in [0.29, 0.717) is 5.92 Å². The van der Waals surface area contributed by atoms with Gasteiger partial charge in [0.2, 0.25) is 0 Å². The Hall–Kier alpha value is -0.820. The molecule has 1 nitrogen and oxygen atoms in total. The maximum atomic E-state index is 3.17. The molecule has 1 rings (SSSR count). The predicted molar refractivity (Wildman–Crippen MR) is 48.8 cm³/mol. The zero-order valence-corrected chi connectivity index (χ0v) is 7.17. The zero-order chi connectivity index (χ0) is 8.10. The van der Waals surface area contributed by atoms with Crippen LogP contribution < -0.4 is 5.32 Å². The van der Waals surface area contributed by atoms with Crippen molar-refractivity contribution in [1.29, 1.82) is 0 Å². The van der Waals surface area contributed by atoms with Gasteiger partial charge in [-0.05, 0) is 18.5 Å². The molecule has 0 aromatic heterocycles. The average Bonchev–Trinajstić information content (AvgIpc) is 2.07. The fraction of sp³-hybridized carbons (Fsp3) is 0.400. The fourth-order valence-corrected chi connectivity index (χ4v) is 1.21. The summed E-state index contributed by atoms with van der Waals surface area (Å²) in [5, 5.41) is 3.17. The molecule has 0 aliphatic rings. The number of hydrogen-bond acceptors (Lipinski definition) is 1. The lowest BCUT2D eigenvalue weighted by Crippen LogP contribution is -2.14. The Bertz CT molecular complexity index is 193. The van der Waals surface area contributed by atoms with Gasteiger partial charge in [-0.15, -0.1) is 0 Å². The van der Waals surface area contributed by atoms with Crippen LogP contribution in [0.5, 0.6) is 0 Å². The third kappa shape index (κ3) is 2.35. The van der Waals surface area contributed by atoms with Gasteiger partial charge >= 0.3 is 0 Å². The molecule has 0 saturated carbocycles. The van der Waals surface area contributed by atoms with Crippen LogP contribution >= 0.6 is 0 Å². The van der Waals surface area contributed by atoms with Crippen molar-refractivity contribution < 1.29 is 0 Å². The van der Waals surface area contributed by atoms with Crippen LogP contribution in [-0.2, 0) is 0 Å². The quantitative estimate of drug-likeness (QED) is 0.693. The van der Waals surface area contributed by atoms with E-state index < -0.39 is 0 Å². The van der Waals surface area contributed by atoms with Gasteiger partial charge in [-0.3, -0.25) is 0 Å². The minimum Gasteiger partial charge on any atom is -0.319 e. The summed E-state index contributed by atoms with van der Waals surface area (Å²) in [4.78, 5) is 0. The summed E-state index contributed by atoms with van der Waals surface area (Å²) in [5.74, 6) is 0.612. The van der Waals surface area contributed by atoms with E-state index in [2.05, 4.69) is 42.6 Å². The Morgan fingerprint density at radius 1 is 1.27 bits per heavy atom. The molecule has 11 heavy (non-hydrogen) atoms. The number of rotatable bonds is 3. The Kier molecular flexibility index (Phi) is 3.12. The Morgan fingerprint density at radius 2 is 1.91 bits per heavy atom. The summed E-state index contributed by atoms with van der Waals surface area (Å²) < 4.78 is 0. The zero-order valence-electron chi connectivity index (χ0n) is 7.17. The van der Waals surface area contributed by atoms with E-state index in [-0.39, 0.29) is 0 Å². The molecule has 60 valence electrons. The summed E-state index contributed by atoms with van der Waals surface area (Å²) in [6.07, 6.45) is 0. The molecule has 1 N–H and O–H groups in total. The van der Waals surface area contributed by atoms with Crippen molar-refractivity contribution in [3.63, 3.8) is 0 Å². The van der Waals surface area contributed by atoms with E-state index in [0.717, 1.165) is 6.54 Å². The molecule has 0 aliphatic carbocycles. The predicted octanol–water partition coefficient (Wildman–Crippen LogP) is 2.01. The van der Waals surface area contributed by atoms with Crippen LogP contribution in [0.2, 0.25) is 0 Å². The average molecular weight is 149 g/mol. The van der Waals surface area contributed by atoms with Crippen LogP contribution in [0.1, 0.15) is 18.4 Å². The molecule has 0 amide bonds. The Labute approximate surface area is 68.4 Å². The van der Waals surface area contributed by atoms with E-state index >= 15 is 0 Å². The second kappa shape index (κ2) is 4.14. The first-order valence-electron chi connectivity index (χ1n) is 4.04. The van der Waals surface area contributed by atoms with Crippen molar-refractivity contribution in [3.8, 4) is 0 Å².